The predicted octanol–water partition coefficient (Wildman–Crippen LogP) is 11.0. The van der Waals surface area contributed by atoms with E-state index in [0.29, 0.717) is 11.6 Å². The van der Waals surface area contributed by atoms with Gasteiger partial charge in [-0.3, -0.25) is 0 Å². The van der Waals surface area contributed by atoms with Crippen molar-refractivity contribution in [3.8, 4) is 28.5 Å². The number of hydrogen-bond donors (Lipinski definition) is 1. The van der Waals surface area contributed by atoms with Gasteiger partial charge in [-0.1, -0.05) is 91.0 Å². The standard InChI is InChI=1S/C49H33N7/c1-4-12-32(13-5-1)42-30-37(31-43(54-42)33-14-6-2-7-15-33)56-45-23-19-35(49-52-26-11-27-53-49)29-41(45)39-21-20-38-40-28-34(48-50-24-10-25-51-48)18-22-44(40)55(46(38)47(39)56)36-16-8-3-9-17-36/h1-31,42,54H. The third-order valence-corrected chi connectivity index (χ3v) is 10.8. The number of hydrogen-bond acceptors (Lipinski definition) is 5. The summed E-state index contributed by atoms with van der Waals surface area (Å²) in [5.41, 5.74) is 11.9. The van der Waals surface area contributed by atoms with Gasteiger partial charge in [-0.15, -0.1) is 0 Å². The Labute approximate surface area is 322 Å². The SMILES string of the molecule is C1=C(c2ccccc2)NC(c2ccccc2)C=C1n1c2ccc(-c3ncccn3)cc2c2ccc3c4cc(-c5ncccn5)ccc4n(-c4ccccc4)c3c21. The lowest BCUT2D eigenvalue weighted by Gasteiger charge is -2.26. The first-order valence-corrected chi connectivity index (χ1v) is 18.7. The van der Waals surface area contributed by atoms with Crippen LogP contribution in [0.4, 0.5) is 0 Å². The lowest BCUT2D eigenvalue weighted by molar-refractivity contribution is 0.762. The highest BCUT2D eigenvalue weighted by Crippen LogP contribution is 2.44. The minimum Gasteiger partial charge on any atom is -0.374 e. The van der Waals surface area contributed by atoms with Crippen molar-refractivity contribution >= 4 is 55.0 Å². The molecule has 264 valence electrons. The van der Waals surface area contributed by atoms with Gasteiger partial charge in [-0.2, -0.15) is 0 Å². The van der Waals surface area contributed by atoms with Crippen molar-refractivity contribution in [3.63, 3.8) is 0 Å². The van der Waals surface area contributed by atoms with Crippen molar-refractivity contribution in [3.05, 3.63) is 200 Å². The fourth-order valence-electron chi connectivity index (χ4n) is 8.27. The summed E-state index contributed by atoms with van der Waals surface area (Å²) in [6.45, 7) is 0. The molecule has 7 nitrogen and oxygen atoms in total. The van der Waals surface area contributed by atoms with E-state index in [1.54, 1.807) is 24.8 Å². The Morgan fingerprint density at radius 3 is 1.55 bits per heavy atom. The van der Waals surface area contributed by atoms with Crippen molar-refractivity contribution in [2.75, 3.05) is 0 Å². The van der Waals surface area contributed by atoms with Gasteiger partial charge in [-0.25, -0.2) is 19.9 Å². The number of aromatic nitrogens is 6. The largest absolute Gasteiger partial charge is 0.374 e. The molecule has 7 heteroatoms. The molecule has 1 unspecified atom stereocenters. The number of rotatable bonds is 6. The van der Waals surface area contributed by atoms with Gasteiger partial charge in [0.15, 0.2) is 11.6 Å². The number of para-hydroxylation sites is 1. The topological polar surface area (TPSA) is 73.5 Å². The van der Waals surface area contributed by atoms with Crippen LogP contribution in [0.25, 0.3) is 83.5 Å². The quantitative estimate of drug-likeness (QED) is 0.185. The van der Waals surface area contributed by atoms with Crippen LogP contribution >= 0.6 is 0 Å². The first-order valence-electron chi connectivity index (χ1n) is 18.7. The summed E-state index contributed by atoms with van der Waals surface area (Å²) in [5.74, 6) is 1.40. The molecule has 1 aliphatic rings. The van der Waals surface area contributed by atoms with Crippen molar-refractivity contribution in [2.24, 2.45) is 0 Å². The van der Waals surface area contributed by atoms with Gasteiger partial charge in [0.05, 0.1) is 28.1 Å². The van der Waals surface area contributed by atoms with Gasteiger partial charge in [0.25, 0.3) is 0 Å². The van der Waals surface area contributed by atoms with E-state index in [0.717, 1.165) is 77.4 Å². The molecule has 0 amide bonds. The highest BCUT2D eigenvalue weighted by Gasteiger charge is 2.25. The van der Waals surface area contributed by atoms with E-state index in [9.17, 15) is 0 Å². The molecule has 1 atom stereocenters. The van der Waals surface area contributed by atoms with Gasteiger partial charge in [-0.05, 0) is 83.9 Å². The fraction of sp³-hybridized carbons (Fsp3) is 0.0204. The van der Waals surface area contributed by atoms with Crippen LogP contribution in [0.15, 0.2) is 189 Å². The van der Waals surface area contributed by atoms with Crippen LogP contribution in [0.2, 0.25) is 0 Å². The van der Waals surface area contributed by atoms with E-state index >= 15 is 0 Å². The van der Waals surface area contributed by atoms with Gasteiger partial charge in [0.2, 0.25) is 0 Å². The summed E-state index contributed by atoms with van der Waals surface area (Å²) >= 11 is 0. The van der Waals surface area contributed by atoms with Crippen LogP contribution in [-0.4, -0.2) is 29.1 Å². The second kappa shape index (κ2) is 13.0. The maximum absolute atomic E-state index is 4.62. The Morgan fingerprint density at radius 1 is 0.446 bits per heavy atom. The fourth-order valence-corrected chi connectivity index (χ4v) is 8.27. The summed E-state index contributed by atoms with van der Waals surface area (Å²) in [4.78, 5) is 18.4. The van der Waals surface area contributed by atoms with Crippen molar-refractivity contribution in [1.29, 1.82) is 0 Å². The first-order chi connectivity index (χ1) is 27.8. The van der Waals surface area contributed by atoms with E-state index in [-0.39, 0.29) is 6.04 Å². The predicted molar refractivity (Wildman–Crippen MR) is 227 cm³/mol. The second-order valence-electron chi connectivity index (χ2n) is 14.0. The van der Waals surface area contributed by atoms with Crippen LogP contribution in [0.3, 0.4) is 0 Å². The highest BCUT2D eigenvalue weighted by molar-refractivity contribution is 6.25. The third kappa shape index (κ3) is 5.21. The number of allylic oxidation sites excluding steroid dienone is 2. The van der Waals surface area contributed by atoms with Crippen molar-refractivity contribution < 1.29 is 0 Å². The minimum absolute atomic E-state index is 0.0662. The lowest BCUT2D eigenvalue weighted by Crippen LogP contribution is -2.22. The van der Waals surface area contributed by atoms with Gasteiger partial charge in [0.1, 0.15) is 0 Å². The highest BCUT2D eigenvalue weighted by atomic mass is 15.1. The Morgan fingerprint density at radius 2 is 0.964 bits per heavy atom. The smallest absolute Gasteiger partial charge is 0.159 e. The molecular formula is C49H33N7. The van der Waals surface area contributed by atoms with Gasteiger partial charge < -0.3 is 14.5 Å². The maximum atomic E-state index is 4.62. The number of dihydropyridines is 1. The normalized spacial score (nSPS) is 14.2. The van der Waals surface area contributed by atoms with E-state index < -0.39 is 0 Å². The maximum Gasteiger partial charge on any atom is 0.159 e. The van der Waals surface area contributed by atoms with E-state index in [2.05, 4.69) is 186 Å². The molecule has 0 saturated carbocycles. The molecule has 11 rings (SSSR count). The van der Waals surface area contributed by atoms with Crippen LogP contribution in [0.1, 0.15) is 17.2 Å². The Hall–Kier alpha value is -7.64. The summed E-state index contributed by atoms with van der Waals surface area (Å²) in [7, 11) is 0. The monoisotopic (exact) mass is 719 g/mol. The van der Waals surface area contributed by atoms with Crippen molar-refractivity contribution in [2.45, 2.75) is 6.04 Å². The zero-order valence-electron chi connectivity index (χ0n) is 30.2. The third-order valence-electron chi connectivity index (χ3n) is 10.8. The number of nitrogens with one attached hydrogen (secondary N) is 1. The average Bonchev–Trinajstić information content (AvgIpc) is 3.80. The molecule has 4 aromatic heterocycles. The molecule has 5 heterocycles. The molecule has 6 aromatic carbocycles. The molecule has 0 spiro atoms. The molecule has 0 aliphatic carbocycles. The number of benzene rings is 6. The first kappa shape index (κ1) is 31.8. The molecule has 1 N–H and O–H groups in total. The molecule has 0 radical (unpaired) electrons. The van der Waals surface area contributed by atoms with Crippen LogP contribution in [0.5, 0.6) is 0 Å². The Kier molecular flexibility index (Phi) is 7.41. The summed E-state index contributed by atoms with van der Waals surface area (Å²) in [6, 6.07) is 53.3. The molecule has 1 aliphatic heterocycles. The van der Waals surface area contributed by atoms with E-state index in [1.807, 2.05) is 12.1 Å². The second-order valence-corrected chi connectivity index (χ2v) is 14.0. The molecule has 0 fully saturated rings. The lowest BCUT2D eigenvalue weighted by atomic mass is 9.99. The Bertz CT molecular complexity index is 3130. The molecule has 56 heavy (non-hydrogen) atoms. The Balaban J connectivity index is 1.28. The van der Waals surface area contributed by atoms with Gasteiger partial charge in [0, 0.05) is 74.5 Å². The molecule has 0 saturated heterocycles. The summed E-state index contributed by atoms with van der Waals surface area (Å²) < 4.78 is 4.87. The number of nitrogens with zero attached hydrogens (tertiary/aromatic N) is 6. The van der Waals surface area contributed by atoms with Crippen LogP contribution in [-0.2, 0) is 0 Å². The minimum atomic E-state index is -0.0662. The van der Waals surface area contributed by atoms with E-state index in [4.69, 9.17) is 0 Å². The molecular weight excluding hydrogens is 687 g/mol. The van der Waals surface area contributed by atoms with Crippen LogP contribution in [0, 0.1) is 0 Å². The van der Waals surface area contributed by atoms with Crippen LogP contribution < -0.4 is 5.32 Å². The van der Waals surface area contributed by atoms with E-state index in [1.165, 1.54) is 5.56 Å². The van der Waals surface area contributed by atoms with Crippen molar-refractivity contribution in [1.82, 2.24) is 34.4 Å². The number of fused-ring (bicyclic) bond motifs is 7. The summed E-state index contributed by atoms with van der Waals surface area (Å²) in [5, 5.41) is 8.40. The zero-order chi connectivity index (χ0) is 37.0. The average molecular weight is 720 g/mol. The zero-order valence-corrected chi connectivity index (χ0v) is 30.2. The summed E-state index contributed by atoms with van der Waals surface area (Å²) in [6.07, 6.45) is 11.8. The molecule has 10 aromatic rings. The molecule has 0 bridgehead atoms. The van der Waals surface area contributed by atoms with Gasteiger partial charge >= 0.3 is 0 Å².